The van der Waals surface area contributed by atoms with Crippen molar-refractivity contribution in [1.29, 1.82) is 0 Å². The summed E-state index contributed by atoms with van der Waals surface area (Å²) >= 11 is 0. The highest BCUT2D eigenvalue weighted by atomic mass is 19.1. The van der Waals surface area contributed by atoms with Crippen LogP contribution in [0.15, 0.2) is 12.3 Å². The van der Waals surface area contributed by atoms with Gasteiger partial charge in [0, 0.05) is 19.3 Å². The third kappa shape index (κ3) is 4.06. The maximum atomic E-state index is 13.5. The molecule has 1 aliphatic heterocycles. The van der Waals surface area contributed by atoms with Crippen LogP contribution in [0.5, 0.6) is 0 Å². The van der Waals surface area contributed by atoms with E-state index in [4.69, 9.17) is 10.5 Å². The molecule has 0 unspecified atom stereocenters. The van der Waals surface area contributed by atoms with E-state index in [0.29, 0.717) is 13.1 Å². The Morgan fingerprint density at radius 3 is 2.57 bits per heavy atom. The Balaban J connectivity index is 1.94. The van der Waals surface area contributed by atoms with Crippen LogP contribution in [0.3, 0.4) is 0 Å². The predicted octanol–water partition coefficient (Wildman–Crippen LogP) is 2.92. The van der Waals surface area contributed by atoms with Gasteiger partial charge in [-0.05, 0) is 51.2 Å². The summed E-state index contributed by atoms with van der Waals surface area (Å²) in [6, 6.07) is 1.44. The van der Waals surface area contributed by atoms with Crippen molar-refractivity contribution in [1.82, 2.24) is 9.88 Å². The van der Waals surface area contributed by atoms with Gasteiger partial charge in [-0.15, -0.1) is 0 Å². The highest BCUT2D eigenvalue weighted by Gasteiger charge is 2.27. The summed E-state index contributed by atoms with van der Waals surface area (Å²) in [6.07, 6.45) is 2.86. The number of amides is 1. The van der Waals surface area contributed by atoms with Crippen molar-refractivity contribution in [3.8, 4) is 0 Å². The molecule has 6 heteroatoms. The molecule has 1 saturated heterocycles. The van der Waals surface area contributed by atoms with Crippen molar-refractivity contribution in [3.63, 3.8) is 0 Å². The first-order chi connectivity index (χ1) is 9.76. The number of pyridine rings is 1. The lowest BCUT2D eigenvalue weighted by Crippen LogP contribution is -2.41. The minimum atomic E-state index is -0.488. The number of hydrogen-bond donors (Lipinski definition) is 1. The van der Waals surface area contributed by atoms with Gasteiger partial charge >= 0.3 is 6.09 Å². The van der Waals surface area contributed by atoms with Crippen molar-refractivity contribution in [2.24, 2.45) is 0 Å². The Kier molecular flexibility index (Phi) is 4.34. The van der Waals surface area contributed by atoms with Crippen molar-refractivity contribution in [3.05, 3.63) is 23.6 Å². The van der Waals surface area contributed by atoms with E-state index >= 15 is 0 Å². The number of halogens is 1. The smallest absolute Gasteiger partial charge is 0.410 e. The van der Waals surface area contributed by atoms with Gasteiger partial charge in [0.2, 0.25) is 0 Å². The highest BCUT2D eigenvalue weighted by molar-refractivity contribution is 5.68. The standard InChI is InChI=1S/C15H22FN3O2/c1-15(2,3)21-14(20)19-6-4-10(5-7-19)11-8-12(16)13(17)18-9-11/h8-10H,4-7H2,1-3H3,(H2,17,18). The molecule has 116 valence electrons. The number of carbonyl (C=O) groups is 1. The molecule has 0 radical (unpaired) electrons. The first kappa shape index (κ1) is 15.5. The van der Waals surface area contributed by atoms with E-state index in [-0.39, 0.29) is 17.8 Å². The third-order valence-corrected chi connectivity index (χ3v) is 3.51. The number of anilines is 1. The second-order valence-corrected chi connectivity index (χ2v) is 6.38. The van der Waals surface area contributed by atoms with Crippen LogP contribution in [-0.2, 0) is 4.74 Å². The second-order valence-electron chi connectivity index (χ2n) is 6.38. The van der Waals surface area contributed by atoms with Gasteiger partial charge in [-0.25, -0.2) is 14.2 Å². The van der Waals surface area contributed by atoms with E-state index in [2.05, 4.69) is 4.98 Å². The van der Waals surface area contributed by atoms with Crippen molar-refractivity contribution in [2.45, 2.75) is 45.1 Å². The zero-order chi connectivity index (χ0) is 15.6. The Morgan fingerprint density at radius 1 is 1.43 bits per heavy atom. The topological polar surface area (TPSA) is 68.5 Å². The minimum Gasteiger partial charge on any atom is -0.444 e. The lowest BCUT2D eigenvalue weighted by atomic mass is 9.90. The molecule has 1 aromatic heterocycles. The molecule has 2 heterocycles. The number of rotatable bonds is 1. The molecular weight excluding hydrogens is 273 g/mol. The van der Waals surface area contributed by atoms with Crippen LogP contribution in [0.1, 0.15) is 45.1 Å². The maximum absolute atomic E-state index is 13.5. The number of nitrogen functional groups attached to an aromatic ring is 1. The Hall–Kier alpha value is -1.85. The number of nitrogens with two attached hydrogens (primary N) is 1. The number of carbonyl (C=O) groups excluding carboxylic acids is 1. The van der Waals surface area contributed by atoms with Gasteiger partial charge in [0.05, 0.1) is 0 Å². The van der Waals surface area contributed by atoms with Crippen LogP contribution in [-0.4, -0.2) is 34.7 Å². The average molecular weight is 295 g/mol. The van der Waals surface area contributed by atoms with Crippen LogP contribution in [0.2, 0.25) is 0 Å². The van der Waals surface area contributed by atoms with Gasteiger partial charge in [-0.3, -0.25) is 0 Å². The summed E-state index contributed by atoms with van der Waals surface area (Å²) in [5.41, 5.74) is 5.73. The molecule has 0 bridgehead atoms. The van der Waals surface area contributed by atoms with Gasteiger partial charge in [-0.2, -0.15) is 0 Å². The SMILES string of the molecule is CC(C)(C)OC(=O)N1CCC(c2cnc(N)c(F)c2)CC1. The summed E-state index contributed by atoms with van der Waals surface area (Å²) in [5, 5.41) is 0. The molecule has 1 aromatic rings. The Bertz CT molecular complexity index is 520. The molecule has 0 aromatic carbocycles. The number of hydrogen-bond acceptors (Lipinski definition) is 4. The molecule has 5 nitrogen and oxygen atoms in total. The Labute approximate surface area is 124 Å². The van der Waals surface area contributed by atoms with E-state index < -0.39 is 11.4 Å². The molecule has 21 heavy (non-hydrogen) atoms. The molecule has 1 fully saturated rings. The molecule has 0 aliphatic carbocycles. The normalized spacial score (nSPS) is 16.9. The molecule has 2 N–H and O–H groups in total. The van der Waals surface area contributed by atoms with Crippen LogP contribution < -0.4 is 5.73 Å². The fourth-order valence-corrected chi connectivity index (χ4v) is 2.41. The fraction of sp³-hybridized carbons (Fsp3) is 0.600. The lowest BCUT2D eigenvalue weighted by Gasteiger charge is -2.33. The molecule has 1 amide bonds. The summed E-state index contributed by atoms with van der Waals surface area (Å²) < 4.78 is 18.8. The molecule has 2 rings (SSSR count). The van der Waals surface area contributed by atoms with Gasteiger partial charge in [0.1, 0.15) is 5.60 Å². The monoisotopic (exact) mass is 295 g/mol. The molecule has 0 atom stereocenters. The van der Waals surface area contributed by atoms with Gasteiger partial charge in [0.25, 0.3) is 0 Å². The third-order valence-electron chi connectivity index (χ3n) is 3.51. The summed E-state index contributed by atoms with van der Waals surface area (Å²) in [4.78, 5) is 17.5. The molecule has 0 spiro atoms. The number of ether oxygens (including phenoxy) is 1. The number of aromatic nitrogens is 1. The number of piperidine rings is 1. The first-order valence-electron chi connectivity index (χ1n) is 7.15. The fourth-order valence-electron chi connectivity index (χ4n) is 2.41. The number of likely N-dealkylation sites (tertiary alicyclic amines) is 1. The van der Waals surface area contributed by atoms with Crippen molar-refractivity contribution >= 4 is 11.9 Å². The molecular formula is C15H22FN3O2. The van der Waals surface area contributed by atoms with Crippen LogP contribution in [0.25, 0.3) is 0 Å². The lowest BCUT2D eigenvalue weighted by molar-refractivity contribution is 0.0204. The second kappa shape index (κ2) is 5.87. The average Bonchev–Trinajstić information content (AvgIpc) is 2.40. The highest BCUT2D eigenvalue weighted by Crippen LogP contribution is 2.29. The molecule has 1 aliphatic rings. The van der Waals surface area contributed by atoms with E-state index in [1.807, 2.05) is 20.8 Å². The zero-order valence-electron chi connectivity index (χ0n) is 12.7. The first-order valence-corrected chi connectivity index (χ1v) is 7.15. The van der Waals surface area contributed by atoms with Crippen LogP contribution in [0.4, 0.5) is 15.0 Å². The zero-order valence-corrected chi connectivity index (χ0v) is 12.7. The van der Waals surface area contributed by atoms with Crippen LogP contribution >= 0.6 is 0 Å². The van der Waals surface area contributed by atoms with Crippen LogP contribution in [0, 0.1) is 5.82 Å². The summed E-state index contributed by atoms with van der Waals surface area (Å²) in [7, 11) is 0. The van der Waals surface area contributed by atoms with Gasteiger partial charge < -0.3 is 15.4 Å². The minimum absolute atomic E-state index is 0.0788. The maximum Gasteiger partial charge on any atom is 0.410 e. The van der Waals surface area contributed by atoms with E-state index in [1.54, 1.807) is 11.1 Å². The van der Waals surface area contributed by atoms with E-state index in [1.165, 1.54) is 6.07 Å². The summed E-state index contributed by atoms with van der Waals surface area (Å²) in [5.74, 6) is -0.363. The largest absolute Gasteiger partial charge is 0.444 e. The number of nitrogens with zero attached hydrogens (tertiary/aromatic N) is 2. The predicted molar refractivity (Wildman–Crippen MR) is 78.4 cm³/mol. The van der Waals surface area contributed by atoms with Crippen molar-refractivity contribution < 1.29 is 13.9 Å². The summed E-state index contributed by atoms with van der Waals surface area (Å²) in [6.45, 7) is 6.75. The van der Waals surface area contributed by atoms with Gasteiger partial charge in [0.15, 0.2) is 11.6 Å². The quantitative estimate of drug-likeness (QED) is 0.865. The molecule has 0 saturated carbocycles. The van der Waals surface area contributed by atoms with E-state index in [0.717, 1.165) is 18.4 Å². The van der Waals surface area contributed by atoms with Gasteiger partial charge in [-0.1, -0.05) is 0 Å². The van der Waals surface area contributed by atoms with E-state index in [9.17, 15) is 9.18 Å². The van der Waals surface area contributed by atoms with Crippen molar-refractivity contribution in [2.75, 3.05) is 18.8 Å². The Morgan fingerprint density at radius 2 is 2.05 bits per heavy atom.